The first-order valence-corrected chi connectivity index (χ1v) is 5.38. The fourth-order valence-corrected chi connectivity index (χ4v) is 1.81. The number of hydrogen-bond acceptors (Lipinski definition) is 3. The molecular formula is C11H8BrFN2O. The van der Waals surface area contributed by atoms with Crippen LogP contribution in [0.3, 0.4) is 0 Å². The summed E-state index contributed by atoms with van der Waals surface area (Å²) in [7, 11) is 0. The number of aliphatic hydroxyl groups is 1. The highest BCUT2D eigenvalue weighted by molar-refractivity contribution is 9.10. The van der Waals surface area contributed by atoms with E-state index < -0.39 is 0 Å². The molecule has 0 fully saturated rings. The summed E-state index contributed by atoms with van der Waals surface area (Å²) in [6.07, 6.45) is 1.56. The van der Waals surface area contributed by atoms with Crippen LogP contribution in [0.15, 0.2) is 34.9 Å². The van der Waals surface area contributed by atoms with Gasteiger partial charge in [0.05, 0.1) is 12.3 Å². The van der Waals surface area contributed by atoms with Gasteiger partial charge in [0.2, 0.25) is 0 Å². The standard InChI is InChI=1S/C11H8BrFN2O/c12-10-5-7(13)1-2-9(10)11-14-4-3-8(6-16)15-11/h1-5,16H,6H2. The van der Waals surface area contributed by atoms with Gasteiger partial charge in [-0.1, -0.05) is 0 Å². The van der Waals surface area contributed by atoms with Gasteiger partial charge in [-0.2, -0.15) is 0 Å². The number of rotatable bonds is 2. The largest absolute Gasteiger partial charge is 0.390 e. The molecule has 5 heteroatoms. The lowest BCUT2D eigenvalue weighted by atomic mass is 10.2. The highest BCUT2D eigenvalue weighted by atomic mass is 79.9. The van der Waals surface area contributed by atoms with Gasteiger partial charge in [-0.25, -0.2) is 14.4 Å². The second kappa shape index (κ2) is 4.67. The van der Waals surface area contributed by atoms with E-state index in [0.29, 0.717) is 21.6 Å². The number of hydrogen-bond donors (Lipinski definition) is 1. The molecule has 1 N–H and O–H groups in total. The zero-order valence-electron chi connectivity index (χ0n) is 8.19. The lowest BCUT2D eigenvalue weighted by molar-refractivity contribution is 0.277. The van der Waals surface area contributed by atoms with Crippen LogP contribution in [0.5, 0.6) is 0 Å². The molecule has 3 nitrogen and oxygen atoms in total. The smallest absolute Gasteiger partial charge is 0.160 e. The van der Waals surface area contributed by atoms with E-state index >= 15 is 0 Å². The van der Waals surface area contributed by atoms with Crippen molar-refractivity contribution in [2.24, 2.45) is 0 Å². The van der Waals surface area contributed by atoms with E-state index in [1.165, 1.54) is 12.1 Å². The third-order valence-corrected chi connectivity index (χ3v) is 2.70. The Morgan fingerprint density at radius 1 is 1.31 bits per heavy atom. The van der Waals surface area contributed by atoms with Crippen LogP contribution in [-0.4, -0.2) is 15.1 Å². The Balaban J connectivity index is 2.49. The molecule has 1 aromatic heterocycles. The third-order valence-electron chi connectivity index (χ3n) is 2.05. The minimum absolute atomic E-state index is 0.145. The van der Waals surface area contributed by atoms with E-state index in [1.54, 1.807) is 18.3 Å². The zero-order valence-corrected chi connectivity index (χ0v) is 9.78. The first kappa shape index (κ1) is 11.2. The topological polar surface area (TPSA) is 46.0 Å². The first-order chi connectivity index (χ1) is 7.70. The quantitative estimate of drug-likeness (QED) is 0.921. The van der Waals surface area contributed by atoms with Crippen molar-refractivity contribution in [3.05, 3.63) is 46.4 Å². The fraction of sp³-hybridized carbons (Fsp3) is 0.0909. The number of aromatic nitrogens is 2. The van der Waals surface area contributed by atoms with Gasteiger partial charge >= 0.3 is 0 Å². The van der Waals surface area contributed by atoms with Gasteiger partial charge in [-0.3, -0.25) is 0 Å². The van der Waals surface area contributed by atoms with E-state index in [-0.39, 0.29) is 12.4 Å². The minimum Gasteiger partial charge on any atom is -0.390 e. The van der Waals surface area contributed by atoms with Gasteiger partial charge < -0.3 is 5.11 Å². The van der Waals surface area contributed by atoms with E-state index in [1.807, 2.05) is 0 Å². The summed E-state index contributed by atoms with van der Waals surface area (Å²) in [4.78, 5) is 8.21. The number of halogens is 2. The summed E-state index contributed by atoms with van der Waals surface area (Å²) < 4.78 is 13.5. The average Bonchev–Trinajstić information content (AvgIpc) is 2.29. The highest BCUT2D eigenvalue weighted by Crippen LogP contribution is 2.26. The molecular weight excluding hydrogens is 275 g/mol. The van der Waals surface area contributed by atoms with Gasteiger partial charge in [-0.05, 0) is 40.2 Å². The molecule has 82 valence electrons. The maximum absolute atomic E-state index is 12.9. The molecule has 2 rings (SSSR count). The molecule has 2 aromatic rings. The van der Waals surface area contributed by atoms with Crippen LogP contribution in [-0.2, 0) is 6.61 Å². The van der Waals surface area contributed by atoms with Crippen LogP contribution in [0.25, 0.3) is 11.4 Å². The Hall–Kier alpha value is -1.33. The molecule has 0 unspecified atom stereocenters. The molecule has 0 saturated carbocycles. The second-order valence-electron chi connectivity index (χ2n) is 3.15. The Labute approximate surface area is 100 Å². The third kappa shape index (κ3) is 2.25. The van der Waals surface area contributed by atoms with Crippen molar-refractivity contribution in [1.29, 1.82) is 0 Å². The minimum atomic E-state index is -0.325. The summed E-state index contributed by atoms with van der Waals surface area (Å²) in [5, 5.41) is 8.96. The monoisotopic (exact) mass is 282 g/mol. The fourth-order valence-electron chi connectivity index (χ4n) is 1.28. The molecule has 1 aromatic carbocycles. The summed E-state index contributed by atoms with van der Waals surface area (Å²) in [5.74, 6) is 0.132. The molecule has 0 bridgehead atoms. The number of nitrogens with zero attached hydrogens (tertiary/aromatic N) is 2. The molecule has 0 radical (unpaired) electrons. The Bertz CT molecular complexity index is 519. The van der Waals surface area contributed by atoms with Gasteiger partial charge in [0.1, 0.15) is 5.82 Å². The molecule has 1 heterocycles. The Kier molecular flexibility index (Phi) is 3.26. The van der Waals surface area contributed by atoms with Crippen molar-refractivity contribution < 1.29 is 9.50 Å². The van der Waals surface area contributed by atoms with Crippen LogP contribution in [0.1, 0.15) is 5.69 Å². The first-order valence-electron chi connectivity index (χ1n) is 4.59. The number of aliphatic hydroxyl groups excluding tert-OH is 1. The lowest BCUT2D eigenvalue weighted by Gasteiger charge is -2.04. The summed E-state index contributed by atoms with van der Waals surface area (Å²) in [6, 6.07) is 5.91. The van der Waals surface area contributed by atoms with Crippen molar-refractivity contribution in [1.82, 2.24) is 9.97 Å². The summed E-state index contributed by atoms with van der Waals surface area (Å²) in [5.41, 5.74) is 1.22. The van der Waals surface area contributed by atoms with E-state index in [4.69, 9.17) is 5.11 Å². The van der Waals surface area contributed by atoms with E-state index in [0.717, 1.165) is 0 Å². The maximum Gasteiger partial charge on any atom is 0.160 e. The summed E-state index contributed by atoms with van der Waals surface area (Å²) in [6.45, 7) is -0.145. The van der Waals surface area contributed by atoms with Gasteiger partial charge in [0.25, 0.3) is 0 Å². The zero-order chi connectivity index (χ0) is 11.5. The van der Waals surface area contributed by atoms with E-state index in [9.17, 15) is 4.39 Å². The lowest BCUT2D eigenvalue weighted by Crippen LogP contribution is -1.95. The van der Waals surface area contributed by atoms with Crippen molar-refractivity contribution in [3.8, 4) is 11.4 Å². The summed E-state index contributed by atoms with van der Waals surface area (Å²) >= 11 is 3.25. The Morgan fingerprint density at radius 2 is 2.12 bits per heavy atom. The van der Waals surface area contributed by atoms with Gasteiger partial charge in [0, 0.05) is 16.2 Å². The molecule has 0 atom stereocenters. The van der Waals surface area contributed by atoms with Gasteiger partial charge in [-0.15, -0.1) is 0 Å². The normalized spacial score (nSPS) is 10.4. The molecule has 0 aliphatic heterocycles. The van der Waals surface area contributed by atoms with Crippen molar-refractivity contribution in [2.45, 2.75) is 6.61 Å². The van der Waals surface area contributed by atoms with E-state index in [2.05, 4.69) is 25.9 Å². The van der Waals surface area contributed by atoms with Crippen molar-refractivity contribution in [2.75, 3.05) is 0 Å². The van der Waals surface area contributed by atoms with Crippen LogP contribution >= 0.6 is 15.9 Å². The predicted molar refractivity (Wildman–Crippen MR) is 61.0 cm³/mol. The van der Waals surface area contributed by atoms with Crippen molar-refractivity contribution >= 4 is 15.9 Å². The molecule has 0 aliphatic rings. The average molecular weight is 283 g/mol. The van der Waals surface area contributed by atoms with Gasteiger partial charge in [0.15, 0.2) is 5.82 Å². The highest BCUT2D eigenvalue weighted by Gasteiger charge is 2.07. The SMILES string of the molecule is OCc1ccnc(-c2ccc(F)cc2Br)n1. The van der Waals surface area contributed by atoms with Crippen LogP contribution in [0.2, 0.25) is 0 Å². The Morgan fingerprint density at radius 3 is 2.81 bits per heavy atom. The molecule has 0 spiro atoms. The predicted octanol–water partition coefficient (Wildman–Crippen LogP) is 2.54. The maximum atomic E-state index is 12.9. The van der Waals surface area contributed by atoms with Crippen LogP contribution < -0.4 is 0 Å². The molecule has 0 aliphatic carbocycles. The second-order valence-corrected chi connectivity index (χ2v) is 4.01. The molecule has 0 amide bonds. The molecule has 0 saturated heterocycles. The van der Waals surface area contributed by atoms with Crippen LogP contribution in [0.4, 0.5) is 4.39 Å². The number of benzene rings is 1. The van der Waals surface area contributed by atoms with Crippen LogP contribution in [0, 0.1) is 5.82 Å². The van der Waals surface area contributed by atoms with Crippen molar-refractivity contribution in [3.63, 3.8) is 0 Å². The molecule has 16 heavy (non-hydrogen) atoms.